The van der Waals surface area contributed by atoms with Gasteiger partial charge in [-0.3, -0.25) is 4.79 Å². The molecule has 0 amide bonds. The minimum Gasteiger partial charge on any atom is -0.542 e. The topological polar surface area (TPSA) is 57.2 Å². The molecular weight excluding hydrogens is 119 g/mol. The van der Waals surface area contributed by atoms with Crippen molar-refractivity contribution in [2.45, 2.75) is 13.3 Å². The van der Waals surface area contributed by atoms with Crippen molar-refractivity contribution in [3.8, 4) is 0 Å². The van der Waals surface area contributed by atoms with Crippen LogP contribution in [-0.4, -0.2) is 11.8 Å². The zero-order chi connectivity index (χ0) is 5.86. The van der Waals surface area contributed by atoms with Crippen LogP contribution < -0.4 is 34.7 Å². The average Bonchev–Trinajstić information content (AvgIpc) is 1.65. The van der Waals surface area contributed by atoms with E-state index in [0.717, 1.165) is 0 Å². The number of rotatable bonds is 2. The van der Waals surface area contributed by atoms with Crippen LogP contribution in [0.25, 0.3) is 0 Å². The molecule has 0 heterocycles. The predicted octanol–water partition coefficient (Wildman–Crippen LogP) is -4.28. The van der Waals surface area contributed by atoms with Gasteiger partial charge in [0.25, 0.3) is 0 Å². The molecule has 0 aromatic carbocycles. The van der Waals surface area contributed by atoms with Gasteiger partial charge in [-0.15, -0.1) is 0 Å². The van der Waals surface area contributed by atoms with Crippen LogP contribution in [-0.2, 0) is 9.59 Å². The molecule has 40 valence electrons. The number of carboxylic acids is 1. The van der Waals surface area contributed by atoms with Gasteiger partial charge in [-0.1, -0.05) is 6.92 Å². The number of carboxylic acid groups (broad SMARTS) is 1. The summed E-state index contributed by atoms with van der Waals surface area (Å²) in [6, 6.07) is 0. The predicted molar refractivity (Wildman–Crippen MR) is 20.3 cm³/mol. The van der Waals surface area contributed by atoms with Crippen molar-refractivity contribution in [3.63, 3.8) is 0 Å². The number of hydrogen-bond acceptors (Lipinski definition) is 3. The Morgan fingerprint density at radius 1 is 1.50 bits per heavy atom. The summed E-state index contributed by atoms with van der Waals surface area (Å²) in [6.07, 6.45) is 0.0162. The van der Waals surface area contributed by atoms with E-state index >= 15 is 0 Å². The third-order valence-electron chi connectivity index (χ3n) is 0.549. The zero-order valence-electron chi connectivity index (χ0n) is 4.93. The fourth-order valence-electron chi connectivity index (χ4n) is 0.144. The second kappa shape index (κ2) is 5.28. The maximum Gasteiger partial charge on any atom is 1.00 e. The number of carbonyl (C=O) groups is 2. The summed E-state index contributed by atoms with van der Waals surface area (Å²) < 4.78 is 0. The average molecular weight is 124 g/mol. The van der Waals surface area contributed by atoms with Crippen molar-refractivity contribution in [2.24, 2.45) is 0 Å². The fraction of sp³-hybridized carbons (Fsp3) is 0.500. The van der Waals surface area contributed by atoms with E-state index in [1.54, 1.807) is 0 Å². The molecule has 3 nitrogen and oxygen atoms in total. The van der Waals surface area contributed by atoms with E-state index in [0.29, 0.717) is 0 Å². The number of hydrogen-bond donors (Lipinski definition) is 0. The van der Waals surface area contributed by atoms with E-state index in [9.17, 15) is 14.7 Å². The van der Waals surface area contributed by atoms with Crippen LogP contribution >= 0.6 is 0 Å². The fourth-order valence-corrected chi connectivity index (χ4v) is 0.144. The molecule has 0 bridgehead atoms. The molecule has 0 saturated carbocycles. The summed E-state index contributed by atoms with van der Waals surface area (Å²) in [4.78, 5) is 19.3. The second-order valence-electron chi connectivity index (χ2n) is 1.06. The molecule has 0 aromatic rings. The van der Waals surface area contributed by atoms with Crippen molar-refractivity contribution in [1.29, 1.82) is 0 Å². The maximum absolute atomic E-state index is 9.85. The summed E-state index contributed by atoms with van der Waals surface area (Å²) in [5.74, 6) is -2.44. The van der Waals surface area contributed by atoms with Crippen LogP contribution in [0, 0.1) is 0 Å². The van der Waals surface area contributed by atoms with Crippen molar-refractivity contribution in [1.82, 2.24) is 0 Å². The third-order valence-corrected chi connectivity index (χ3v) is 0.549. The Labute approximate surface area is 69.4 Å². The van der Waals surface area contributed by atoms with Gasteiger partial charge in [0.2, 0.25) is 0 Å². The zero-order valence-corrected chi connectivity index (χ0v) is 6.93. The van der Waals surface area contributed by atoms with E-state index in [1.807, 2.05) is 0 Å². The molecule has 0 spiro atoms. The Hall–Kier alpha value is 0.140. The summed E-state index contributed by atoms with van der Waals surface area (Å²) >= 11 is 0. The molecule has 0 aliphatic heterocycles. The molecule has 8 heavy (non-hydrogen) atoms. The normalized spacial score (nSPS) is 7.12. The van der Waals surface area contributed by atoms with Gasteiger partial charge in [-0.2, -0.15) is 0 Å². The summed E-state index contributed by atoms with van der Waals surface area (Å²) in [5, 5.41) is 9.47. The Bertz CT molecular complexity index is 99.5. The van der Waals surface area contributed by atoms with Gasteiger partial charge < -0.3 is 9.90 Å². The van der Waals surface area contributed by atoms with Crippen LogP contribution in [0.2, 0.25) is 0 Å². The van der Waals surface area contributed by atoms with Crippen LogP contribution in [0.1, 0.15) is 13.3 Å². The molecule has 0 aromatic heterocycles. The minimum atomic E-state index is -1.59. The van der Waals surface area contributed by atoms with E-state index in [4.69, 9.17) is 0 Å². The van der Waals surface area contributed by atoms with Gasteiger partial charge in [-0.05, 0) is 0 Å². The quantitative estimate of drug-likeness (QED) is 0.276. The molecule has 0 aliphatic carbocycles. The van der Waals surface area contributed by atoms with E-state index < -0.39 is 11.8 Å². The molecule has 0 N–H and O–H groups in total. The molecule has 0 saturated heterocycles. The molecule has 0 aliphatic rings. The number of ketones is 1. The van der Waals surface area contributed by atoms with Crippen LogP contribution in [0.5, 0.6) is 0 Å². The number of aliphatic carboxylic acids is 1. The first kappa shape index (κ1) is 11.0. The third kappa shape index (κ3) is 4.30. The molecular formula is C4H5NaO3. The van der Waals surface area contributed by atoms with Gasteiger partial charge in [-0.25, -0.2) is 0 Å². The SMILES string of the molecule is CCC(=O)C(=O)[O-].[Na+]. The molecule has 0 unspecified atom stereocenters. The summed E-state index contributed by atoms with van der Waals surface area (Å²) in [6.45, 7) is 1.47. The molecule has 0 radical (unpaired) electrons. The Morgan fingerprint density at radius 3 is 1.88 bits per heavy atom. The van der Waals surface area contributed by atoms with E-state index in [2.05, 4.69) is 0 Å². The second-order valence-corrected chi connectivity index (χ2v) is 1.06. The van der Waals surface area contributed by atoms with Crippen LogP contribution in [0.15, 0.2) is 0 Å². The summed E-state index contributed by atoms with van der Waals surface area (Å²) in [5.41, 5.74) is 0. The Kier molecular flexibility index (Phi) is 7.26. The maximum atomic E-state index is 9.85. The van der Waals surface area contributed by atoms with Gasteiger partial charge in [0, 0.05) is 6.42 Å². The molecule has 0 rings (SSSR count). The summed E-state index contributed by atoms with van der Waals surface area (Å²) in [7, 11) is 0. The number of carbonyl (C=O) groups excluding carboxylic acids is 2. The monoisotopic (exact) mass is 124 g/mol. The smallest absolute Gasteiger partial charge is 0.542 e. The van der Waals surface area contributed by atoms with Gasteiger partial charge >= 0.3 is 29.6 Å². The van der Waals surface area contributed by atoms with Crippen molar-refractivity contribution in [3.05, 3.63) is 0 Å². The largest absolute Gasteiger partial charge is 1.00 e. The Morgan fingerprint density at radius 2 is 1.88 bits per heavy atom. The molecule has 4 heteroatoms. The van der Waals surface area contributed by atoms with Crippen molar-refractivity contribution >= 4 is 11.8 Å². The van der Waals surface area contributed by atoms with E-state index in [-0.39, 0.29) is 36.0 Å². The molecule has 0 fully saturated rings. The Balaban J connectivity index is 0. The van der Waals surface area contributed by atoms with Gasteiger partial charge in [0.1, 0.15) is 5.97 Å². The van der Waals surface area contributed by atoms with Gasteiger partial charge in [0.05, 0.1) is 0 Å². The number of Topliss-reactive ketones (excluding diaryl/α,β-unsaturated/α-hetero) is 1. The van der Waals surface area contributed by atoms with E-state index in [1.165, 1.54) is 6.92 Å². The standard InChI is InChI=1S/C4H6O3.Na/c1-2-3(5)4(6)7;/h2H2,1H3,(H,6,7);/q;+1/p-1. The van der Waals surface area contributed by atoms with Crippen LogP contribution in [0.4, 0.5) is 0 Å². The van der Waals surface area contributed by atoms with Crippen LogP contribution in [0.3, 0.4) is 0 Å². The van der Waals surface area contributed by atoms with Crippen molar-refractivity contribution in [2.75, 3.05) is 0 Å². The van der Waals surface area contributed by atoms with Gasteiger partial charge in [0.15, 0.2) is 5.78 Å². The van der Waals surface area contributed by atoms with Crippen molar-refractivity contribution < 1.29 is 44.3 Å². The first-order valence-corrected chi connectivity index (χ1v) is 1.92. The first-order chi connectivity index (χ1) is 3.18. The first-order valence-electron chi connectivity index (χ1n) is 1.92. The molecule has 0 atom stereocenters. The minimum absolute atomic E-state index is 0.